The largest absolute Gasteiger partial charge is 0.369 e. The summed E-state index contributed by atoms with van der Waals surface area (Å²) in [5.41, 5.74) is 0.211. The number of sulfone groups is 1. The van der Waals surface area contributed by atoms with E-state index in [9.17, 15) is 8.42 Å². The number of hydrogen-bond acceptors (Lipinski definition) is 3. The van der Waals surface area contributed by atoms with Crippen LogP contribution in [0.1, 0.15) is 18.9 Å². The van der Waals surface area contributed by atoms with Crippen LogP contribution in [0.3, 0.4) is 0 Å². The van der Waals surface area contributed by atoms with Gasteiger partial charge in [0, 0.05) is 12.2 Å². The zero-order valence-corrected chi connectivity index (χ0v) is 9.25. The average Bonchev–Trinajstić information content (AvgIpc) is 2.68. The first-order valence-electron chi connectivity index (χ1n) is 5.04. The Labute approximate surface area is 89.0 Å². The van der Waals surface area contributed by atoms with Gasteiger partial charge in [0.05, 0.1) is 4.90 Å². The van der Waals surface area contributed by atoms with Crippen LogP contribution in [0, 0.1) is 0 Å². The van der Waals surface area contributed by atoms with Crippen molar-refractivity contribution in [1.82, 2.24) is 0 Å². The highest BCUT2D eigenvalue weighted by molar-refractivity contribution is 7.92. The Bertz CT molecular complexity index is 520. The molecule has 0 spiro atoms. The van der Waals surface area contributed by atoms with E-state index in [1.807, 2.05) is 19.1 Å². The molecule has 2 unspecified atom stereocenters. The summed E-state index contributed by atoms with van der Waals surface area (Å²) >= 11 is 0. The number of hydrogen-bond donors (Lipinski definition) is 0. The van der Waals surface area contributed by atoms with E-state index in [0.29, 0.717) is 17.9 Å². The highest BCUT2D eigenvalue weighted by Gasteiger charge is 2.56. The molecule has 0 amide bonds. The monoisotopic (exact) mass is 224 g/mol. The maximum Gasteiger partial charge on any atom is 0.184 e. The van der Waals surface area contributed by atoms with Crippen LogP contribution in [0.5, 0.6) is 0 Å². The van der Waals surface area contributed by atoms with E-state index in [4.69, 9.17) is 4.74 Å². The highest BCUT2D eigenvalue weighted by atomic mass is 32.2. The van der Waals surface area contributed by atoms with Gasteiger partial charge in [0.15, 0.2) is 9.84 Å². The van der Waals surface area contributed by atoms with Crippen LogP contribution in [-0.4, -0.2) is 20.3 Å². The standard InChI is InChI=1S/C11H12O3S/c1-11-8-4-2-3-5-9(8)15(12,13)10(11)6-7-14-11/h2-5,10H,6-7H2,1H3. The fourth-order valence-corrected chi connectivity index (χ4v) is 5.07. The van der Waals surface area contributed by atoms with Crippen LogP contribution in [0.25, 0.3) is 0 Å². The quantitative estimate of drug-likeness (QED) is 0.670. The lowest BCUT2D eigenvalue weighted by Crippen LogP contribution is -2.31. The predicted octanol–water partition coefficient (Wildman–Crippen LogP) is 1.48. The molecule has 3 rings (SSSR count). The normalized spacial score (nSPS) is 36.2. The van der Waals surface area contributed by atoms with Crippen molar-refractivity contribution in [2.24, 2.45) is 0 Å². The molecule has 0 radical (unpaired) electrons. The van der Waals surface area contributed by atoms with Gasteiger partial charge in [-0.3, -0.25) is 0 Å². The van der Waals surface area contributed by atoms with Gasteiger partial charge < -0.3 is 4.74 Å². The van der Waals surface area contributed by atoms with Crippen molar-refractivity contribution in [1.29, 1.82) is 0 Å². The third kappa shape index (κ3) is 0.961. The fourth-order valence-electron chi connectivity index (χ4n) is 2.73. The first-order valence-corrected chi connectivity index (χ1v) is 6.59. The van der Waals surface area contributed by atoms with Crippen molar-refractivity contribution in [2.75, 3.05) is 6.61 Å². The summed E-state index contributed by atoms with van der Waals surface area (Å²) in [7, 11) is -3.17. The summed E-state index contributed by atoms with van der Waals surface area (Å²) in [4.78, 5) is 0.456. The lowest BCUT2D eigenvalue weighted by atomic mass is 9.93. The summed E-state index contributed by atoms with van der Waals surface area (Å²) < 4.78 is 30.0. The zero-order chi connectivity index (χ0) is 10.7. The molecule has 0 aromatic heterocycles. The molecule has 0 aliphatic carbocycles. The topological polar surface area (TPSA) is 43.4 Å². The first-order chi connectivity index (χ1) is 7.07. The molecular weight excluding hydrogens is 212 g/mol. The van der Waals surface area contributed by atoms with Gasteiger partial charge in [0.25, 0.3) is 0 Å². The molecule has 2 aliphatic heterocycles. The second-order valence-electron chi connectivity index (χ2n) is 4.27. The maximum atomic E-state index is 12.2. The van der Waals surface area contributed by atoms with Crippen molar-refractivity contribution < 1.29 is 13.2 Å². The van der Waals surface area contributed by atoms with Crippen LogP contribution in [0.4, 0.5) is 0 Å². The Balaban J connectivity index is 2.37. The Kier molecular flexibility index (Phi) is 1.64. The Morgan fingerprint density at radius 1 is 1.40 bits per heavy atom. The van der Waals surface area contributed by atoms with E-state index in [1.54, 1.807) is 12.1 Å². The van der Waals surface area contributed by atoms with Gasteiger partial charge in [0.2, 0.25) is 0 Å². The SMILES string of the molecule is CC12OCCC1S(=O)(=O)c1ccccc12. The van der Waals surface area contributed by atoms with Gasteiger partial charge >= 0.3 is 0 Å². The maximum absolute atomic E-state index is 12.2. The van der Waals surface area contributed by atoms with Gasteiger partial charge in [-0.2, -0.15) is 0 Å². The Morgan fingerprint density at radius 2 is 2.13 bits per heavy atom. The lowest BCUT2D eigenvalue weighted by Gasteiger charge is -2.22. The molecule has 1 fully saturated rings. The van der Waals surface area contributed by atoms with E-state index < -0.39 is 15.4 Å². The summed E-state index contributed by atoms with van der Waals surface area (Å²) in [6.07, 6.45) is 0.605. The van der Waals surface area contributed by atoms with E-state index in [-0.39, 0.29) is 5.25 Å². The lowest BCUT2D eigenvalue weighted by molar-refractivity contribution is 0.0199. The average molecular weight is 224 g/mol. The summed E-state index contributed by atoms with van der Waals surface area (Å²) in [6, 6.07) is 7.17. The molecule has 2 heterocycles. The first kappa shape index (κ1) is 9.36. The second-order valence-corrected chi connectivity index (χ2v) is 6.37. The van der Waals surface area contributed by atoms with Crippen molar-refractivity contribution in [3.63, 3.8) is 0 Å². The van der Waals surface area contributed by atoms with Crippen LogP contribution in [0.2, 0.25) is 0 Å². The van der Waals surface area contributed by atoms with Gasteiger partial charge in [-0.1, -0.05) is 18.2 Å². The molecule has 1 saturated heterocycles. The van der Waals surface area contributed by atoms with Crippen molar-refractivity contribution in [3.05, 3.63) is 29.8 Å². The molecule has 1 aromatic carbocycles. The zero-order valence-electron chi connectivity index (χ0n) is 8.43. The Morgan fingerprint density at radius 3 is 2.93 bits per heavy atom. The minimum atomic E-state index is -3.17. The van der Waals surface area contributed by atoms with Crippen LogP contribution >= 0.6 is 0 Å². The van der Waals surface area contributed by atoms with Crippen molar-refractivity contribution in [3.8, 4) is 0 Å². The minimum Gasteiger partial charge on any atom is -0.369 e. The third-order valence-electron chi connectivity index (χ3n) is 3.50. The number of rotatable bonds is 0. The fraction of sp³-hybridized carbons (Fsp3) is 0.455. The Hall–Kier alpha value is -0.870. The number of fused-ring (bicyclic) bond motifs is 3. The molecule has 1 aromatic rings. The van der Waals surface area contributed by atoms with Gasteiger partial charge in [-0.15, -0.1) is 0 Å². The smallest absolute Gasteiger partial charge is 0.184 e. The van der Waals surface area contributed by atoms with Crippen molar-refractivity contribution in [2.45, 2.75) is 29.1 Å². The predicted molar refractivity (Wildman–Crippen MR) is 55.3 cm³/mol. The van der Waals surface area contributed by atoms with E-state index in [0.717, 1.165) is 5.56 Å². The van der Waals surface area contributed by atoms with Gasteiger partial charge in [-0.05, 0) is 19.4 Å². The van der Waals surface area contributed by atoms with Gasteiger partial charge in [-0.25, -0.2) is 8.42 Å². The van der Waals surface area contributed by atoms with E-state index in [2.05, 4.69) is 0 Å². The molecule has 0 saturated carbocycles. The van der Waals surface area contributed by atoms with Crippen LogP contribution in [0.15, 0.2) is 29.2 Å². The summed E-state index contributed by atoms with van der Waals surface area (Å²) in [6.45, 7) is 2.42. The molecule has 0 bridgehead atoms. The molecule has 2 aliphatic rings. The minimum absolute atomic E-state index is 0.387. The van der Waals surface area contributed by atoms with E-state index >= 15 is 0 Å². The van der Waals surface area contributed by atoms with E-state index in [1.165, 1.54) is 0 Å². The van der Waals surface area contributed by atoms with Gasteiger partial charge in [0.1, 0.15) is 10.9 Å². The second kappa shape index (κ2) is 2.62. The van der Waals surface area contributed by atoms with Crippen LogP contribution < -0.4 is 0 Å². The molecule has 0 N–H and O–H groups in total. The molecule has 15 heavy (non-hydrogen) atoms. The molecular formula is C11H12O3S. The molecule has 80 valence electrons. The summed E-state index contributed by atoms with van der Waals surface area (Å²) in [5.74, 6) is 0. The molecule has 4 heteroatoms. The van der Waals surface area contributed by atoms with Crippen LogP contribution in [-0.2, 0) is 20.2 Å². The number of benzene rings is 1. The molecule has 3 nitrogen and oxygen atoms in total. The van der Waals surface area contributed by atoms with Crippen molar-refractivity contribution >= 4 is 9.84 Å². The molecule has 2 atom stereocenters. The summed E-state index contributed by atoms with van der Waals surface area (Å²) in [5, 5.41) is -0.387. The number of ether oxygens (including phenoxy) is 1. The third-order valence-corrected chi connectivity index (χ3v) is 5.90. The highest BCUT2D eigenvalue weighted by Crippen LogP contribution is 2.50.